The number of carbonyl (C=O) groups excluding carboxylic acids is 1. The van der Waals surface area contributed by atoms with Crippen LogP contribution in [0.25, 0.3) is 0 Å². The van der Waals surface area contributed by atoms with Gasteiger partial charge in [0.2, 0.25) is 0 Å². The van der Waals surface area contributed by atoms with Crippen LogP contribution in [0.15, 0.2) is 72.8 Å². The maximum Gasteiger partial charge on any atom is 0.338 e. The average Bonchev–Trinajstić information content (AvgIpc) is 2.63. The molecule has 0 heterocycles. The maximum absolute atomic E-state index is 12.3. The number of esters is 1. The lowest BCUT2D eigenvalue weighted by Gasteiger charge is -2.10. The average molecular weight is 332 g/mol. The summed E-state index contributed by atoms with van der Waals surface area (Å²) in [7, 11) is 0. The minimum Gasteiger partial charge on any atom is -0.457 e. The number of rotatable bonds is 5. The van der Waals surface area contributed by atoms with Gasteiger partial charge in [-0.15, -0.1) is 0 Å². The molecule has 3 rings (SSSR count). The molecule has 0 aliphatic rings. The van der Waals surface area contributed by atoms with Crippen molar-refractivity contribution in [1.29, 1.82) is 0 Å². The Balaban J connectivity index is 1.68. The predicted molar refractivity (Wildman–Crippen MR) is 98.0 cm³/mol. The van der Waals surface area contributed by atoms with Crippen LogP contribution < -0.4 is 4.74 Å². The van der Waals surface area contributed by atoms with E-state index in [1.807, 2.05) is 68.4 Å². The second-order valence-electron chi connectivity index (χ2n) is 5.95. The third kappa shape index (κ3) is 4.48. The van der Waals surface area contributed by atoms with Gasteiger partial charge in [-0.3, -0.25) is 0 Å². The van der Waals surface area contributed by atoms with Crippen molar-refractivity contribution in [2.24, 2.45) is 0 Å². The molecule has 0 amide bonds. The summed E-state index contributed by atoms with van der Waals surface area (Å²) in [4.78, 5) is 12.3. The van der Waals surface area contributed by atoms with Gasteiger partial charge in [0.05, 0.1) is 5.56 Å². The molecule has 0 saturated heterocycles. The Hall–Kier alpha value is -3.07. The molecular formula is C22H20O3. The Morgan fingerprint density at radius 1 is 0.840 bits per heavy atom. The Morgan fingerprint density at radius 3 is 2.40 bits per heavy atom. The number of ether oxygens (including phenoxy) is 2. The third-order valence-corrected chi connectivity index (χ3v) is 3.91. The summed E-state index contributed by atoms with van der Waals surface area (Å²) in [5.74, 6) is 0.968. The fourth-order valence-electron chi connectivity index (χ4n) is 2.49. The van der Waals surface area contributed by atoms with E-state index in [1.54, 1.807) is 18.2 Å². The van der Waals surface area contributed by atoms with Crippen LogP contribution in [0.2, 0.25) is 0 Å². The Kier molecular flexibility index (Phi) is 5.14. The molecule has 0 unspecified atom stereocenters. The second-order valence-corrected chi connectivity index (χ2v) is 5.95. The molecule has 0 aromatic heterocycles. The number of para-hydroxylation sites is 1. The molecule has 3 nitrogen and oxygen atoms in total. The van der Waals surface area contributed by atoms with Crippen molar-refractivity contribution in [3.8, 4) is 11.5 Å². The van der Waals surface area contributed by atoms with Crippen LogP contribution in [-0.4, -0.2) is 5.97 Å². The van der Waals surface area contributed by atoms with E-state index in [4.69, 9.17) is 9.47 Å². The van der Waals surface area contributed by atoms with Crippen molar-refractivity contribution in [3.05, 3.63) is 95.1 Å². The van der Waals surface area contributed by atoms with Gasteiger partial charge in [0.1, 0.15) is 18.1 Å². The largest absolute Gasteiger partial charge is 0.457 e. The van der Waals surface area contributed by atoms with Gasteiger partial charge in [-0.05, 0) is 55.3 Å². The predicted octanol–water partition coefficient (Wildman–Crippen LogP) is 5.45. The minimum absolute atomic E-state index is 0.260. The van der Waals surface area contributed by atoms with Gasteiger partial charge >= 0.3 is 5.97 Å². The van der Waals surface area contributed by atoms with E-state index in [0.29, 0.717) is 11.3 Å². The Labute approximate surface area is 147 Å². The SMILES string of the molecule is Cc1ccc(C)c(COC(=O)c2cccc(Oc3ccccc3)c2)c1. The fourth-order valence-corrected chi connectivity index (χ4v) is 2.49. The quantitative estimate of drug-likeness (QED) is 0.583. The van der Waals surface area contributed by atoms with Crippen molar-refractivity contribution in [2.45, 2.75) is 20.5 Å². The zero-order chi connectivity index (χ0) is 17.6. The van der Waals surface area contributed by atoms with Gasteiger partial charge in [0, 0.05) is 0 Å². The molecule has 0 N–H and O–H groups in total. The molecule has 0 bridgehead atoms. The van der Waals surface area contributed by atoms with Gasteiger partial charge in [-0.2, -0.15) is 0 Å². The first kappa shape index (κ1) is 16.8. The first-order valence-corrected chi connectivity index (χ1v) is 8.18. The van der Waals surface area contributed by atoms with E-state index >= 15 is 0 Å². The highest BCUT2D eigenvalue weighted by atomic mass is 16.5. The van der Waals surface area contributed by atoms with Gasteiger partial charge in [-0.25, -0.2) is 4.79 Å². The molecule has 126 valence electrons. The second kappa shape index (κ2) is 7.67. The lowest BCUT2D eigenvalue weighted by Crippen LogP contribution is -2.06. The third-order valence-electron chi connectivity index (χ3n) is 3.91. The fraction of sp³-hybridized carbons (Fsp3) is 0.136. The van der Waals surface area contributed by atoms with Gasteiger partial charge in [-0.1, -0.05) is 48.0 Å². The number of hydrogen-bond acceptors (Lipinski definition) is 3. The number of hydrogen-bond donors (Lipinski definition) is 0. The van der Waals surface area contributed by atoms with Crippen LogP contribution in [0.4, 0.5) is 0 Å². The van der Waals surface area contributed by atoms with E-state index in [0.717, 1.165) is 22.4 Å². The van der Waals surface area contributed by atoms with Crippen LogP contribution in [0.5, 0.6) is 11.5 Å². The first-order valence-electron chi connectivity index (χ1n) is 8.18. The summed E-state index contributed by atoms with van der Waals surface area (Å²) in [6, 6.07) is 22.6. The van der Waals surface area contributed by atoms with E-state index < -0.39 is 0 Å². The molecule has 0 saturated carbocycles. The van der Waals surface area contributed by atoms with E-state index in [2.05, 4.69) is 0 Å². The topological polar surface area (TPSA) is 35.5 Å². The van der Waals surface area contributed by atoms with Crippen molar-refractivity contribution in [1.82, 2.24) is 0 Å². The van der Waals surface area contributed by atoms with Gasteiger partial charge in [0.25, 0.3) is 0 Å². The summed E-state index contributed by atoms with van der Waals surface area (Å²) in [5.41, 5.74) is 3.75. The highest BCUT2D eigenvalue weighted by Gasteiger charge is 2.10. The van der Waals surface area contributed by atoms with E-state index in [-0.39, 0.29) is 12.6 Å². The molecular weight excluding hydrogens is 312 g/mol. The number of carbonyl (C=O) groups is 1. The first-order chi connectivity index (χ1) is 12.1. The highest BCUT2D eigenvalue weighted by Crippen LogP contribution is 2.22. The summed E-state index contributed by atoms with van der Waals surface area (Å²) in [6.07, 6.45) is 0. The van der Waals surface area contributed by atoms with Crippen molar-refractivity contribution >= 4 is 5.97 Å². The molecule has 3 aromatic carbocycles. The maximum atomic E-state index is 12.3. The summed E-state index contributed by atoms with van der Waals surface area (Å²) >= 11 is 0. The lowest BCUT2D eigenvalue weighted by atomic mass is 10.1. The van der Waals surface area contributed by atoms with Crippen LogP contribution in [0, 0.1) is 13.8 Å². The van der Waals surface area contributed by atoms with Crippen molar-refractivity contribution in [3.63, 3.8) is 0 Å². The van der Waals surface area contributed by atoms with E-state index in [1.165, 1.54) is 0 Å². The summed E-state index contributed by atoms with van der Waals surface area (Å²) < 4.78 is 11.2. The van der Waals surface area contributed by atoms with Crippen molar-refractivity contribution < 1.29 is 14.3 Å². The van der Waals surface area contributed by atoms with Gasteiger partial charge in [0.15, 0.2) is 0 Å². The molecule has 3 heteroatoms. The number of benzene rings is 3. The molecule has 0 atom stereocenters. The lowest BCUT2D eigenvalue weighted by molar-refractivity contribution is 0.0471. The highest BCUT2D eigenvalue weighted by molar-refractivity contribution is 5.89. The van der Waals surface area contributed by atoms with Crippen molar-refractivity contribution in [2.75, 3.05) is 0 Å². The smallest absolute Gasteiger partial charge is 0.338 e. The normalized spacial score (nSPS) is 10.3. The molecule has 0 aliphatic carbocycles. The minimum atomic E-state index is -0.362. The number of aryl methyl sites for hydroxylation is 2. The molecule has 3 aromatic rings. The zero-order valence-corrected chi connectivity index (χ0v) is 14.4. The molecule has 0 radical (unpaired) electrons. The van der Waals surface area contributed by atoms with Crippen LogP contribution >= 0.6 is 0 Å². The molecule has 25 heavy (non-hydrogen) atoms. The molecule has 0 aliphatic heterocycles. The zero-order valence-electron chi connectivity index (χ0n) is 14.4. The Morgan fingerprint density at radius 2 is 1.60 bits per heavy atom. The van der Waals surface area contributed by atoms with E-state index in [9.17, 15) is 4.79 Å². The van der Waals surface area contributed by atoms with Crippen LogP contribution in [-0.2, 0) is 11.3 Å². The Bertz CT molecular complexity index is 869. The molecule has 0 fully saturated rings. The summed E-state index contributed by atoms with van der Waals surface area (Å²) in [6.45, 7) is 4.29. The monoisotopic (exact) mass is 332 g/mol. The van der Waals surface area contributed by atoms with Gasteiger partial charge < -0.3 is 9.47 Å². The standard InChI is InChI=1S/C22H20O3/c1-16-11-12-17(2)19(13-16)15-24-22(23)18-7-6-10-21(14-18)25-20-8-4-3-5-9-20/h3-14H,15H2,1-2H3. The summed E-state index contributed by atoms with van der Waals surface area (Å²) in [5, 5.41) is 0. The van der Waals surface area contributed by atoms with Crippen LogP contribution in [0.3, 0.4) is 0 Å². The van der Waals surface area contributed by atoms with Crippen LogP contribution in [0.1, 0.15) is 27.0 Å². The molecule has 0 spiro atoms.